The third kappa shape index (κ3) is 1.81. The first kappa shape index (κ1) is 9.69. The van der Waals surface area contributed by atoms with Crippen LogP contribution in [-0.2, 0) is 12.8 Å². The fourth-order valence-corrected chi connectivity index (χ4v) is 2.09. The molecule has 0 aliphatic heterocycles. The van der Waals surface area contributed by atoms with Crippen LogP contribution in [0.4, 0.5) is 0 Å². The molecule has 14 heavy (non-hydrogen) atoms. The lowest BCUT2D eigenvalue weighted by atomic mass is 9.89. The highest BCUT2D eigenvalue weighted by atomic mass is 16.3. The zero-order valence-electron chi connectivity index (χ0n) is 8.37. The maximum atomic E-state index is 8.97. The summed E-state index contributed by atoms with van der Waals surface area (Å²) in [4.78, 5) is 0. The summed E-state index contributed by atoms with van der Waals surface area (Å²) in [7, 11) is 0. The molecule has 3 N–H and O–H groups in total. The summed E-state index contributed by atoms with van der Waals surface area (Å²) >= 11 is 0. The van der Waals surface area contributed by atoms with Crippen molar-refractivity contribution in [2.24, 2.45) is 5.73 Å². The van der Waals surface area contributed by atoms with E-state index in [2.05, 4.69) is 12.1 Å². The minimum atomic E-state index is -0.220. The average Bonchev–Trinajstić information content (AvgIpc) is 2.27. The summed E-state index contributed by atoms with van der Waals surface area (Å²) in [5, 5.41) is 8.97. The normalized spacial score (nSPS) is 17.6. The van der Waals surface area contributed by atoms with Gasteiger partial charge in [0.2, 0.25) is 0 Å². The zero-order valence-corrected chi connectivity index (χ0v) is 8.37. The molecule has 1 aliphatic rings. The van der Waals surface area contributed by atoms with Crippen LogP contribution in [0, 0.1) is 0 Å². The summed E-state index contributed by atoms with van der Waals surface area (Å²) in [6.07, 6.45) is 4.95. The van der Waals surface area contributed by atoms with Gasteiger partial charge in [-0.1, -0.05) is 18.2 Å². The molecule has 1 atom stereocenters. The highest BCUT2D eigenvalue weighted by molar-refractivity contribution is 5.35. The Morgan fingerprint density at radius 2 is 1.93 bits per heavy atom. The number of hydrogen-bond donors (Lipinski definition) is 2. The fraction of sp³-hybridized carbons (Fsp3) is 0.500. The lowest BCUT2D eigenvalue weighted by Crippen LogP contribution is -2.15. The smallest absolute Gasteiger partial charge is 0.0624 e. The number of benzene rings is 1. The van der Waals surface area contributed by atoms with E-state index in [-0.39, 0.29) is 12.6 Å². The second-order valence-electron chi connectivity index (χ2n) is 4.02. The van der Waals surface area contributed by atoms with Crippen molar-refractivity contribution in [2.45, 2.75) is 31.7 Å². The van der Waals surface area contributed by atoms with Crippen molar-refractivity contribution < 1.29 is 5.11 Å². The van der Waals surface area contributed by atoms with Crippen molar-refractivity contribution in [3.8, 4) is 0 Å². The van der Waals surface area contributed by atoms with Gasteiger partial charge in [0.1, 0.15) is 0 Å². The summed E-state index contributed by atoms with van der Waals surface area (Å²) < 4.78 is 0. The highest BCUT2D eigenvalue weighted by Gasteiger charge is 2.11. The van der Waals surface area contributed by atoms with E-state index in [0.29, 0.717) is 0 Å². The third-order valence-electron chi connectivity index (χ3n) is 3.00. The molecule has 0 amide bonds. The van der Waals surface area contributed by atoms with E-state index >= 15 is 0 Å². The molecule has 2 nitrogen and oxygen atoms in total. The molecular formula is C12H17NO. The number of rotatable bonds is 2. The topological polar surface area (TPSA) is 46.2 Å². The first-order valence-electron chi connectivity index (χ1n) is 5.29. The number of aliphatic hydroxyl groups is 1. The number of nitrogens with two attached hydrogens (primary N) is 1. The van der Waals surface area contributed by atoms with Crippen LogP contribution in [0.3, 0.4) is 0 Å². The van der Waals surface area contributed by atoms with Crippen LogP contribution in [0.5, 0.6) is 0 Å². The van der Waals surface area contributed by atoms with Crippen molar-refractivity contribution in [1.82, 2.24) is 0 Å². The van der Waals surface area contributed by atoms with Crippen LogP contribution in [0.2, 0.25) is 0 Å². The molecule has 2 rings (SSSR count). The van der Waals surface area contributed by atoms with E-state index in [1.54, 1.807) is 0 Å². The molecule has 0 radical (unpaired) electrons. The Kier molecular flexibility index (Phi) is 2.85. The Balaban J connectivity index is 2.29. The molecule has 1 aromatic carbocycles. The fourth-order valence-electron chi connectivity index (χ4n) is 2.09. The van der Waals surface area contributed by atoms with Gasteiger partial charge < -0.3 is 10.8 Å². The number of aliphatic hydroxyl groups excluding tert-OH is 1. The van der Waals surface area contributed by atoms with E-state index in [9.17, 15) is 0 Å². The third-order valence-corrected chi connectivity index (χ3v) is 3.00. The quantitative estimate of drug-likeness (QED) is 0.745. The van der Waals surface area contributed by atoms with Crippen molar-refractivity contribution in [3.63, 3.8) is 0 Å². The predicted octanol–water partition coefficient (Wildman–Crippen LogP) is 1.56. The summed E-state index contributed by atoms with van der Waals surface area (Å²) in [6.45, 7) is 0.0266. The minimum Gasteiger partial charge on any atom is -0.394 e. The van der Waals surface area contributed by atoms with E-state index in [1.807, 2.05) is 6.07 Å². The zero-order chi connectivity index (χ0) is 9.97. The largest absolute Gasteiger partial charge is 0.394 e. The molecule has 0 heterocycles. The summed E-state index contributed by atoms with van der Waals surface area (Å²) in [5.74, 6) is 0. The van der Waals surface area contributed by atoms with Crippen LogP contribution in [0.15, 0.2) is 18.2 Å². The predicted molar refractivity (Wildman–Crippen MR) is 57.1 cm³/mol. The van der Waals surface area contributed by atoms with Crippen LogP contribution in [0.1, 0.15) is 35.6 Å². The van der Waals surface area contributed by atoms with Crippen molar-refractivity contribution in [3.05, 3.63) is 34.9 Å². The molecule has 0 fully saturated rings. The van der Waals surface area contributed by atoms with Gasteiger partial charge in [0.05, 0.1) is 12.6 Å². The molecule has 0 saturated carbocycles. The second-order valence-corrected chi connectivity index (χ2v) is 4.02. The van der Waals surface area contributed by atoms with E-state index in [4.69, 9.17) is 10.8 Å². The summed E-state index contributed by atoms with van der Waals surface area (Å²) in [5.41, 5.74) is 9.73. The molecule has 0 bridgehead atoms. The lowest BCUT2D eigenvalue weighted by Gasteiger charge is -2.18. The van der Waals surface area contributed by atoms with Gasteiger partial charge in [0.25, 0.3) is 0 Å². The van der Waals surface area contributed by atoms with Crippen LogP contribution >= 0.6 is 0 Å². The average molecular weight is 191 g/mol. The Hall–Kier alpha value is -0.860. The maximum Gasteiger partial charge on any atom is 0.0624 e. The standard InChI is InChI=1S/C12H17NO/c13-12(8-14)11-6-5-9-3-1-2-4-10(9)7-11/h5-7,12,14H,1-4,8,13H2/t12-/m1/s1. The molecular weight excluding hydrogens is 174 g/mol. The van der Waals surface area contributed by atoms with Gasteiger partial charge in [-0.2, -0.15) is 0 Å². The van der Waals surface area contributed by atoms with Crippen LogP contribution < -0.4 is 5.73 Å². The monoisotopic (exact) mass is 191 g/mol. The Morgan fingerprint density at radius 1 is 1.21 bits per heavy atom. The molecule has 0 aromatic heterocycles. The number of hydrogen-bond acceptors (Lipinski definition) is 2. The van der Waals surface area contributed by atoms with Crippen molar-refractivity contribution in [1.29, 1.82) is 0 Å². The molecule has 2 heteroatoms. The molecule has 76 valence electrons. The Bertz CT molecular complexity index is 322. The molecule has 1 aliphatic carbocycles. The number of fused-ring (bicyclic) bond motifs is 1. The van der Waals surface area contributed by atoms with Gasteiger partial charge in [-0.15, -0.1) is 0 Å². The van der Waals surface area contributed by atoms with Crippen LogP contribution in [0.25, 0.3) is 0 Å². The van der Waals surface area contributed by atoms with Gasteiger partial charge in [-0.05, 0) is 42.4 Å². The Labute approximate surface area is 84.7 Å². The van der Waals surface area contributed by atoms with Gasteiger partial charge in [0.15, 0.2) is 0 Å². The second kappa shape index (κ2) is 4.11. The number of aryl methyl sites for hydroxylation is 2. The van der Waals surface area contributed by atoms with E-state index < -0.39 is 0 Å². The van der Waals surface area contributed by atoms with E-state index in [0.717, 1.165) is 5.56 Å². The maximum absolute atomic E-state index is 8.97. The van der Waals surface area contributed by atoms with Crippen molar-refractivity contribution in [2.75, 3.05) is 6.61 Å². The van der Waals surface area contributed by atoms with Gasteiger partial charge >= 0.3 is 0 Å². The highest BCUT2D eigenvalue weighted by Crippen LogP contribution is 2.23. The molecule has 0 saturated heterocycles. The molecule has 0 spiro atoms. The Morgan fingerprint density at radius 3 is 2.64 bits per heavy atom. The van der Waals surface area contributed by atoms with Crippen molar-refractivity contribution >= 4 is 0 Å². The van der Waals surface area contributed by atoms with Gasteiger partial charge in [0, 0.05) is 0 Å². The van der Waals surface area contributed by atoms with Gasteiger partial charge in [-0.25, -0.2) is 0 Å². The van der Waals surface area contributed by atoms with Crippen LogP contribution in [-0.4, -0.2) is 11.7 Å². The van der Waals surface area contributed by atoms with E-state index in [1.165, 1.54) is 36.8 Å². The summed E-state index contributed by atoms with van der Waals surface area (Å²) in [6, 6.07) is 6.15. The first-order valence-corrected chi connectivity index (χ1v) is 5.29. The lowest BCUT2D eigenvalue weighted by molar-refractivity contribution is 0.268. The minimum absolute atomic E-state index is 0.0266. The molecule has 0 unspecified atom stereocenters. The molecule has 1 aromatic rings. The SMILES string of the molecule is N[C@H](CO)c1ccc2c(c1)CCCC2. The van der Waals surface area contributed by atoms with Gasteiger partial charge in [-0.3, -0.25) is 0 Å². The first-order chi connectivity index (χ1) is 6.81.